The van der Waals surface area contributed by atoms with Crippen molar-refractivity contribution in [3.63, 3.8) is 0 Å². The number of amides is 2. The Balaban J connectivity index is 1.67. The maximum atomic E-state index is 12.9. The lowest BCUT2D eigenvalue weighted by atomic mass is 10.1. The number of para-hydroxylation sites is 1. The van der Waals surface area contributed by atoms with Gasteiger partial charge in [-0.1, -0.05) is 18.2 Å². The van der Waals surface area contributed by atoms with Crippen LogP contribution in [0.4, 0.5) is 5.69 Å². The molecule has 7 heteroatoms. The first-order valence-electron chi connectivity index (χ1n) is 10.7. The van der Waals surface area contributed by atoms with Gasteiger partial charge in [0.2, 0.25) is 0 Å². The van der Waals surface area contributed by atoms with Crippen molar-refractivity contribution in [2.45, 2.75) is 39.3 Å². The van der Waals surface area contributed by atoms with Crippen LogP contribution in [0.25, 0.3) is 0 Å². The summed E-state index contributed by atoms with van der Waals surface area (Å²) in [6.07, 6.45) is 2.45. The maximum absolute atomic E-state index is 12.9. The lowest BCUT2D eigenvalue weighted by molar-refractivity contribution is -0.123. The summed E-state index contributed by atoms with van der Waals surface area (Å²) in [6.45, 7) is 6.66. The Bertz CT molecular complexity index is 907. The Labute approximate surface area is 183 Å². The van der Waals surface area contributed by atoms with Crippen molar-refractivity contribution in [1.82, 2.24) is 10.2 Å². The normalized spacial score (nSPS) is 13.8. The molecule has 1 heterocycles. The number of likely N-dealkylation sites (tertiary alicyclic amines) is 1. The molecule has 0 saturated carbocycles. The molecule has 31 heavy (non-hydrogen) atoms. The maximum Gasteiger partial charge on any atom is 0.258 e. The molecule has 2 aromatic carbocycles. The van der Waals surface area contributed by atoms with E-state index in [1.807, 2.05) is 38.1 Å². The molecule has 0 radical (unpaired) electrons. The quantitative estimate of drug-likeness (QED) is 0.643. The molecule has 1 saturated heterocycles. The van der Waals surface area contributed by atoms with Crippen molar-refractivity contribution in [3.05, 3.63) is 53.6 Å². The summed E-state index contributed by atoms with van der Waals surface area (Å²) in [5.41, 5.74) is 2.36. The van der Waals surface area contributed by atoms with E-state index in [-0.39, 0.29) is 24.5 Å². The van der Waals surface area contributed by atoms with Crippen LogP contribution in [0.5, 0.6) is 11.5 Å². The minimum atomic E-state index is -0.226. The summed E-state index contributed by atoms with van der Waals surface area (Å²) in [5.74, 6) is 0.368. The fourth-order valence-corrected chi connectivity index (χ4v) is 3.59. The van der Waals surface area contributed by atoms with Crippen molar-refractivity contribution in [2.75, 3.05) is 32.1 Å². The molecular weight excluding hydrogens is 394 g/mol. The molecule has 3 rings (SSSR count). The lowest BCUT2D eigenvalue weighted by Gasteiger charge is -2.18. The highest BCUT2D eigenvalue weighted by molar-refractivity contribution is 6.05. The van der Waals surface area contributed by atoms with Crippen LogP contribution < -0.4 is 20.1 Å². The minimum Gasteiger partial charge on any atom is -0.493 e. The number of nitrogens with one attached hydrogen (secondary N) is 2. The number of hydrogen-bond acceptors (Lipinski definition) is 5. The lowest BCUT2D eigenvalue weighted by Crippen LogP contribution is -2.34. The molecule has 7 nitrogen and oxygen atoms in total. The predicted molar refractivity (Wildman–Crippen MR) is 121 cm³/mol. The first kappa shape index (κ1) is 22.6. The zero-order valence-corrected chi connectivity index (χ0v) is 18.4. The Morgan fingerprint density at radius 2 is 1.81 bits per heavy atom. The van der Waals surface area contributed by atoms with Crippen molar-refractivity contribution in [3.8, 4) is 11.5 Å². The Kier molecular flexibility index (Phi) is 7.89. The second-order valence-corrected chi connectivity index (χ2v) is 7.97. The molecule has 2 amide bonds. The van der Waals surface area contributed by atoms with E-state index in [4.69, 9.17) is 9.47 Å². The number of carbonyl (C=O) groups is 2. The number of ether oxygens (including phenoxy) is 2. The van der Waals surface area contributed by atoms with E-state index < -0.39 is 0 Å². The van der Waals surface area contributed by atoms with Crippen LogP contribution in [-0.2, 0) is 11.3 Å². The number of rotatable bonds is 9. The molecule has 2 N–H and O–H groups in total. The van der Waals surface area contributed by atoms with Gasteiger partial charge in [-0.2, -0.15) is 0 Å². The molecule has 2 aromatic rings. The number of methoxy groups -OCH3 is 1. The smallest absolute Gasteiger partial charge is 0.258 e. The number of nitrogens with zero attached hydrogens (tertiary/aromatic N) is 1. The molecular formula is C24H31N3O4. The minimum absolute atomic E-state index is 0.0393. The first-order valence-corrected chi connectivity index (χ1v) is 10.7. The van der Waals surface area contributed by atoms with E-state index in [9.17, 15) is 9.59 Å². The molecule has 1 aliphatic heterocycles. The summed E-state index contributed by atoms with van der Waals surface area (Å²) in [7, 11) is 1.50. The van der Waals surface area contributed by atoms with Gasteiger partial charge in [-0.3, -0.25) is 14.5 Å². The zero-order chi connectivity index (χ0) is 22.2. The molecule has 166 valence electrons. The summed E-state index contributed by atoms with van der Waals surface area (Å²) in [6, 6.07) is 12.8. The molecule has 0 bridgehead atoms. The summed E-state index contributed by atoms with van der Waals surface area (Å²) < 4.78 is 10.9. The topological polar surface area (TPSA) is 79.9 Å². The van der Waals surface area contributed by atoms with Crippen molar-refractivity contribution < 1.29 is 19.1 Å². The van der Waals surface area contributed by atoms with Crippen molar-refractivity contribution >= 4 is 17.5 Å². The summed E-state index contributed by atoms with van der Waals surface area (Å²) in [4.78, 5) is 27.1. The van der Waals surface area contributed by atoms with Crippen molar-refractivity contribution in [2.24, 2.45) is 0 Å². The third kappa shape index (κ3) is 6.46. The number of hydrogen-bond donors (Lipinski definition) is 2. The van der Waals surface area contributed by atoms with E-state index >= 15 is 0 Å². The van der Waals surface area contributed by atoms with Gasteiger partial charge in [0.25, 0.3) is 11.8 Å². The van der Waals surface area contributed by atoms with Crippen LogP contribution >= 0.6 is 0 Å². The highest BCUT2D eigenvalue weighted by Gasteiger charge is 2.16. The van der Waals surface area contributed by atoms with Gasteiger partial charge < -0.3 is 20.1 Å². The van der Waals surface area contributed by atoms with Crippen molar-refractivity contribution in [1.29, 1.82) is 0 Å². The number of benzene rings is 2. The van der Waals surface area contributed by atoms with Crippen LogP contribution in [-0.4, -0.2) is 49.6 Å². The molecule has 0 unspecified atom stereocenters. The van der Waals surface area contributed by atoms with Crippen LogP contribution in [0.15, 0.2) is 42.5 Å². The van der Waals surface area contributed by atoms with Gasteiger partial charge in [-0.25, -0.2) is 0 Å². The fourth-order valence-electron chi connectivity index (χ4n) is 3.59. The zero-order valence-electron chi connectivity index (χ0n) is 18.4. The monoisotopic (exact) mass is 425 g/mol. The standard InChI is InChI=1S/C24H31N3O4/c1-17(2)25-23(28)16-31-21-11-10-18(14-22(21)30-3)24(29)26-20-9-5-4-8-19(20)15-27-12-6-7-13-27/h4-5,8-11,14,17H,6-7,12-13,15-16H2,1-3H3,(H,25,28)(H,26,29). The molecule has 0 aromatic heterocycles. The Hall–Kier alpha value is -3.06. The van der Waals surface area contributed by atoms with E-state index in [1.165, 1.54) is 20.0 Å². The number of carbonyl (C=O) groups excluding carboxylic acids is 2. The molecule has 1 aliphatic rings. The van der Waals surface area contributed by atoms with E-state index in [2.05, 4.69) is 15.5 Å². The average molecular weight is 426 g/mol. The Morgan fingerprint density at radius 1 is 1.06 bits per heavy atom. The second kappa shape index (κ2) is 10.8. The summed E-state index contributed by atoms with van der Waals surface area (Å²) in [5, 5.41) is 5.78. The second-order valence-electron chi connectivity index (χ2n) is 7.97. The van der Waals surface area contributed by atoms with E-state index in [0.717, 1.165) is 30.9 Å². The average Bonchev–Trinajstić information content (AvgIpc) is 3.26. The van der Waals surface area contributed by atoms with Gasteiger partial charge >= 0.3 is 0 Å². The third-order valence-corrected chi connectivity index (χ3v) is 5.09. The highest BCUT2D eigenvalue weighted by atomic mass is 16.5. The predicted octanol–water partition coefficient (Wildman–Crippen LogP) is 3.45. The summed E-state index contributed by atoms with van der Waals surface area (Å²) >= 11 is 0. The van der Waals surface area contributed by atoms with Gasteiger partial charge in [-0.05, 0) is 69.6 Å². The fraction of sp³-hybridized carbons (Fsp3) is 0.417. The molecule has 0 atom stereocenters. The van der Waals surface area contributed by atoms with Gasteiger partial charge in [0.05, 0.1) is 7.11 Å². The molecule has 0 spiro atoms. The van der Waals surface area contributed by atoms with Crippen LogP contribution in [0.2, 0.25) is 0 Å². The van der Waals surface area contributed by atoms with E-state index in [0.29, 0.717) is 17.1 Å². The van der Waals surface area contributed by atoms with Crippen LogP contribution in [0.1, 0.15) is 42.6 Å². The molecule has 1 fully saturated rings. The van der Waals surface area contributed by atoms with Gasteiger partial charge in [0.1, 0.15) is 0 Å². The molecule has 0 aliphatic carbocycles. The van der Waals surface area contributed by atoms with Gasteiger partial charge in [0.15, 0.2) is 18.1 Å². The largest absolute Gasteiger partial charge is 0.493 e. The first-order chi connectivity index (χ1) is 15.0. The number of anilines is 1. The van der Waals surface area contributed by atoms with Crippen LogP contribution in [0.3, 0.4) is 0 Å². The third-order valence-electron chi connectivity index (χ3n) is 5.09. The van der Waals surface area contributed by atoms with Gasteiger partial charge in [0, 0.05) is 23.8 Å². The highest BCUT2D eigenvalue weighted by Crippen LogP contribution is 2.29. The van der Waals surface area contributed by atoms with Gasteiger partial charge in [-0.15, -0.1) is 0 Å². The SMILES string of the molecule is COc1cc(C(=O)Nc2ccccc2CN2CCCC2)ccc1OCC(=O)NC(C)C. The Morgan fingerprint density at radius 3 is 2.52 bits per heavy atom. The van der Waals surface area contributed by atoms with Crippen LogP contribution in [0, 0.1) is 0 Å². The van der Waals surface area contributed by atoms with E-state index in [1.54, 1.807) is 18.2 Å².